The molecule has 0 aliphatic rings. The van der Waals surface area contributed by atoms with Crippen LogP contribution in [0.3, 0.4) is 0 Å². The fraction of sp³-hybridized carbons (Fsp3) is 0.368. The minimum atomic E-state index is -0.252. The van der Waals surface area contributed by atoms with Crippen LogP contribution in [0.5, 0.6) is 0 Å². The van der Waals surface area contributed by atoms with Crippen molar-refractivity contribution in [3.63, 3.8) is 0 Å². The number of rotatable bonds is 4. The zero-order valence-corrected chi connectivity index (χ0v) is 18.0. The summed E-state index contributed by atoms with van der Waals surface area (Å²) in [6.07, 6.45) is 0.508. The van der Waals surface area contributed by atoms with Gasteiger partial charge in [0.1, 0.15) is 5.82 Å². The fourth-order valence-corrected chi connectivity index (χ4v) is 3.25. The minimum Gasteiger partial charge on any atom is -0.207 e. The molecule has 128 valence electrons. The first-order valence-electron chi connectivity index (χ1n) is 7.81. The molecule has 0 N–H and O–H groups in total. The predicted molar refractivity (Wildman–Crippen MR) is 109 cm³/mol. The van der Waals surface area contributed by atoms with E-state index in [4.69, 9.17) is 11.6 Å². The van der Waals surface area contributed by atoms with Gasteiger partial charge in [0.15, 0.2) is 0 Å². The fourth-order valence-electron chi connectivity index (χ4n) is 1.95. The molecule has 0 spiro atoms. The Hall–Kier alpha value is -0.380. The van der Waals surface area contributed by atoms with Gasteiger partial charge in [-0.1, -0.05) is 95.4 Å². The lowest BCUT2D eigenvalue weighted by Gasteiger charge is -2.10. The van der Waals surface area contributed by atoms with Gasteiger partial charge in [0.2, 0.25) is 0 Å². The van der Waals surface area contributed by atoms with Crippen molar-refractivity contribution in [3.8, 4) is 0 Å². The maximum absolute atomic E-state index is 13.8. The molecule has 0 atom stereocenters. The van der Waals surface area contributed by atoms with E-state index in [1.165, 1.54) is 17.2 Å². The second kappa shape index (κ2) is 13.0. The van der Waals surface area contributed by atoms with Crippen molar-refractivity contribution in [1.82, 2.24) is 0 Å². The van der Waals surface area contributed by atoms with Gasteiger partial charge in [0, 0.05) is 27.7 Å². The maximum atomic E-state index is 13.8. The van der Waals surface area contributed by atoms with Crippen molar-refractivity contribution >= 4 is 43.5 Å². The third-order valence-corrected chi connectivity index (χ3v) is 4.56. The van der Waals surface area contributed by atoms with E-state index in [2.05, 4.69) is 44.0 Å². The summed E-state index contributed by atoms with van der Waals surface area (Å²) in [4.78, 5) is 0. The summed E-state index contributed by atoms with van der Waals surface area (Å²) in [6.45, 7) is 8.00. The van der Waals surface area contributed by atoms with Crippen LogP contribution in [0.2, 0.25) is 5.02 Å². The summed E-state index contributed by atoms with van der Waals surface area (Å²) in [7, 11) is 0. The van der Waals surface area contributed by atoms with E-state index < -0.39 is 0 Å². The van der Waals surface area contributed by atoms with Gasteiger partial charge < -0.3 is 0 Å². The highest BCUT2D eigenvalue weighted by molar-refractivity contribution is 9.09. The molecule has 0 saturated carbocycles. The molecule has 0 bridgehead atoms. The van der Waals surface area contributed by atoms with Crippen molar-refractivity contribution < 1.29 is 4.39 Å². The van der Waals surface area contributed by atoms with E-state index in [1.807, 2.05) is 33.8 Å². The van der Waals surface area contributed by atoms with E-state index in [9.17, 15) is 4.39 Å². The van der Waals surface area contributed by atoms with Crippen LogP contribution in [0, 0.1) is 5.82 Å². The lowest BCUT2D eigenvalue weighted by Crippen LogP contribution is -1.96. The predicted octanol–water partition coefficient (Wildman–Crippen LogP) is 7.91. The summed E-state index contributed by atoms with van der Waals surface area (Å²) in [5.41, 5.74) is 4.06. The Kier molecular flexibility index (Phi) is 12.8. The molecule has 0 heterocycles. The molecule has 0 nitrogen and oxygen atoms in total. The topological polar surface area (TPSA) is 0 Å². The maximum Gasteiger partial charge on any atom is 0.128 e. The first-order valence-corrected chi connectivity index (χ1v) is 10.4. The lowest BCUT2D eigenvalue weighted by atomic mass is 10.0. The molecule has 0 aromatic heterocycles. The highest BCUT2D eigenvalue weighted by Gasteiger charge is 2.09. The van der Waals surface area contributed by atoms with Crippen LogP contribution in [0.15, 0.2) is 36.4 Å². The van der Waals surface area contributed by atoms with E-state index in [-0.39, 0.29) is 5.82 Å². The van der Waals surface area contributed by atoms with E-state index in [0.29, 0.717) is 17.0 Å². The lowest BCUT2D eigenvalue weighted by molar-refractivity contribution is 0.614. The third-order valence-electron chi connectivity index (χ3n) is 3.00. The second-order valence-corrected chi connectivity index (χ2v) is 5.78. The van der Waals surface area contributed by atoms with Crippen molar-refractivity contribution in [1.29, 1.82) is 0 Å². The SMILES string of the molecule is CC.CC.Fc1cccc(Cl)c1Cc1ccc(CBr)c(CBr)c1. The summed E-state index contributed by atoms with van der Waals surface area (Å²) in [5, 5.41) is 2.08. The van der Waals surface area contributed by atoms with Gasteiger partial charge in [-0.05, 0) is 28.8 Å². The molecular weight excluding hydrogens is 442 g/mol. The standard InChI is InChI=1S/C15H12Br2ClF.2C2H6/c16-8-11-5-4-10(6-12(11)9-17)7-13-14(18)2-1-3-15(13)19;2*1-2/h1-6H,7-9H2;2*1-2H3. The summed E-state index contributed by atoms with van der Waals surface area (Å²) in [5.74, 6) is -0.252. The van der Waals surface area contributed by atoms with Gasteiger partial charge in [0.05, 0.1) is 0 Å². The monoisotopic (exact) mass is 464 g/mol. The van der Waals surface area contributed by atoms with Crippen LogP contribution >= 0.6 is 43.5 Å². The molecule has 4 heteroatoms. The molecule has 0 aliphatic carbocycles. The van der Waals surface area contributed by atoms with Crippen LogP contribution in [0.25, 0.3) is 0 Å². The van der Waals surface area contributed by atoms with Crippen LogP contribution in [-0.2, 0) is 17.1 Å². The van der Waals surface area contributed by atoms with Gasteiger partial charge in [-0.3, -0.25) is 0 Å². The normalized spacial score (nSPS) is 9.39. The summed E-state index contributed by atoms with van der Waals surface area (Å²) < 4.78 is 13.8. The van der Waals surface area contributed by atoms with Crippen LogP contribution in [0.4, 0.5) is 4.39 Å². The Morgan fingerprint density at radius 2 is 1.52 bits per heavy atom. The van der Waals surface area contributed by atoms with Crippen molar-refractivity contribution in [2.75, 3.05) is 0 Å². The number of benzene rings is 2. The molecule has 0 radical (unpaired) electrons. The first kappa shape index (κ1) is 22.6. The highest BCUT2D eigenvalue weighted by atomic mass is 79.9. The molecule has 23 heavy (non-hydrogen) atoms. The quantitative estimate of drug-likeness (QED) is 0.402. The van der Waals surface area contributed by atoms with Gasteiger partial charge in [-0.15, -0.1) is 0 Å². The molecule has 0 aliphatic heterocycles. The number of hydrogen-bond donors (Lipinski definition) is 0. The second-order valence-electron chi connectivity index (χ2n) is 4.25. The molecule has 0 unspecified atom stereocenters. The Balaban J connectivity index is 0.00000112. The Labute approximate surface area is 161 Å². The Morgan fingerprint density at radius 3 is 2.04 bits per heavy atom. The highest BCUT2D eigenvalue weighted by Crippen LogP contribution is 2.24. The van der Waals surface area contributed by atoms with Gasteiger partial charge >= 0.3 is 0 Å². The third kappa shape index (κ3) is 6.94. The summed E-state index contributed by atoms with van der Waals surface area (Å²) >= 11 is 13.0. The average molecular weight is 467 g/mol. The smallest absolute Gasteiger partial charge is 0.128 e. The van der Waals surface area contributed by atoms with Crippen molar-refractivity contribution in [2.45, 2.75) is 44.8 Å². The van der Waals surface area contributed by atoms with E-state index >= 15 is 0 Å². The zero-order chi connectivity index (χ0) is 17.8. The molecule has 0 fully saturated rings. The van der Waals surface area contributed by atoms with E-state index in [1.54, 1.807) is 12.1 Å². The number of halogens is 4. The molecule has 0 saturated heterocycles. The molecule has 2 aromatic carbocycles. The largest absolute Gasteiger partial charge is 0.207 e. The van der Waals surface area contributed by atoms with E-state index in [0.717, 1.165) is 16.2 Å². The molecular formula is C19H24Br2ClF. The van der Waals surface area contributed by atoms with Gasteiger partial charge in [-0.2, -0.15) is 0 Å². The van der Waals surface area contributed by atoms with Crippen LogP contribution in [-0.4, -0.2) is 0 Å². The minimum absolute atomic E-state index is 0.252. The Bertz CT molecular complexity index is 565. The molecule has 2 aromatic rings. The van der Waals surface area contributed by atoms with Crippen LogP contribution in [0.1, 0.15) is 49.9 Å². The Morgan fingerprint density at radius 1 is 0.913 bits per heavy atom. The first-order chi connectivity index (χ1) is 11.2. The number of hydrogen-bond acceptors (Lipinski definition) is 0. The van der Waals surface area contributed by atoms with Gasteiger partial charge in [-0.25, -0.2) is 4.39 Å². The average Bonchev–Trinajstić information content (AvgIpc) is 2.61. The zero-order valence-electron chi connectivity index (χ0n) is 14.1. The van der Waals surface area contributed by atoms with Crippen LogP contribution < -0.4 is 0 Å². The van der Waals surface area contributed by atoms with Gasteiger partial charge in [0.25, 0.3) is 0 Å². The molecule has 2 rings (SSSR count). The van der Waals surface area contributed by atoms with Crippen molar-refractivity contribution in [2.24, 2.45) is 0 Å². The summed E-state index contributed by atoms with van der Waals surface area (Å²) in [6, 6.07) is 11.0. The van der Waals surface area contributed by atoms with Crippen molar-refractivity contribution in [3.05, 3.63) is 69.5 Å². The molecule has 0 amide bonds. The number of alkyl halides is 2.